The Morgan fingerprint density at radius 1 is 1.15 bits per heavy atom. The van der Waals surface area contributed by atoms with E-state index in [9.17, 15) is 10.1 Å². The summed E-state index contributed by atoms with van der Waals surface area (Å²) in [5.41, 5.74) is 1.90. The highest BCUT2D eigenvalue weighted by atomic mass is 16.6. The van der Waals surface area contributed by atoms with Gasteiger partial charge >= 0.3 is 5.88 Å². The molecule has 0 fully saturated rings. The highest BCUT2D eigenvalue weighted by molar-refractivity contribution is 5.99. The van der Waals surface area contributed by atoms with Gasteiger partial charge in [0.05, 0.1) is 11.6 Å². The molecule has 0 aliphatic rings. The summed E-state index contributed by atoms with van der Waals surface area (Å²) < 4.78 is 5.31. The fraction of sp³-hybridized carbons (Fsp3) is 0. The van der Waals surface area contributed by atoms with Crippen LogP contribution in [0.25, 0.3) is 22.1 Å². The number of nitriles is 1. The largest absolute Gasteiger partial charge is 0.442 e. The van der Waals surface area contributed by atoms with Crippen LogP contribution < -0.4 is 0 Å². The van der Waals surface area contributed by atoms with Gasteiger partial charge in [-0.15, -0.1) is 0 Å². The van der Waals surface area contributed by atoms with E-state index in [1.54, 1.807) is 24.3 Å². The van der Waals surface area contributed by atoms with Gasteiger partial charge in [0.1, 0.15) is 16.1 Å². The predicted molar refractivity (Wildman–Crippen MR) is 73.0 cm³/mol. The van der Waals surface area contributed by atoms with E-state index in [0.717, 1.165) is 0 Å². The first-order valence-electron chi connectivity index (χ1n) is 5.87. The lowest BCUT2D eigenvalue weighted by Crippen LogP contribution is -1.87. The summed E-state index contributed by atoms with van der Waals surface area (Å²) in [5.74, 6) is -0.304. The molecule has 3 aromatic rings. The van der Waals surface area contributed by atoms with Crippen molar-refractivity contribution in [2.75, 3.05) is 0 Å². The molecule has 20 heavy (non-hydrogen) atoms. The number of benzene rings is 2. The van der Waals surface area contributed by atoms with Gasteiger partial charge in [0.25, 0.3) is 0 Å². The minimum Gasteiger partial charge on any atom is -0.400 e. The first kappa shape index (κ1) is 11.9. The standard InChI is InChI=1S/C15H8N2O3/c16-9-10-6-7-12-13(8-10)20-15(17(18)19)14(12)11-4-2-1-3-5-11/h1-8H. The van der Waals surface area contributed by atoms with Crippen LogP contribution in [0, 0.1) is 21.4 Å². The van der Waals surface area contributed by atoms with Crippen LogP contribution in [0.15, 0.2) is 52.9 Å². The molecule has 96 valence electrons. The highest BCUT2D eigenvalue weighted by Crippen LogP contribution is 2.39. The third-order valence-corrected chi connectivity index (χ3v) is 3.03. The minimum absolute atomic E-state index is 0.304. The molecule has 0 saturated heterocycles. The first-order valence-corrected chi connectivity index (χ1v) is 5.87. The van der Waals surface area contributed by atoms with Gasteiger partial charge in [-0.3, -0.25) is 10.1 Å². The Kier molecular flexibility index (Phi) is 2.70. The molecule has 0 aliphatic heterocycles. The Balaban J connectivity index is 2.37. The second-order valence-corrected chi connectivity index (χ2v) is 4.23. The van der Waals surface area contributed by atoms with E-state index >= 15 is 0 Å². The van der Waals surface area contributed by atoms with Crippen molar-refractivity contribution >= 4 is 16.9 Å². The van der Waals surface area contributed by atoms with Crippen LogP contribution >= 0.6 is 0 Å². The van der Waals surface area contributed by atoms with Crippen molar-refractivity contribution in [1.82, 2.24) is 0 Å². The van der Waals surface area contributed by atoms with Crippen LogP contribution in [0.4, 0.5) is 5.88 Å². The number of rotatable bonds is 2. The number of nitrogens with zero attached hydrogens (tertiary/aromatic N) is 2. The molecule has 0 atom stereocenters. The number of furan rings is 1. The second-order valence-electron chi connectivity index (χ2n) is 4.23. The average Bonchev–Trinajstić information content (AvgIpc) is 2.86. The first-order chi connectivity index (χ1) is 9.70. The summed E-state index contributed by atoms with van der Waals surface area (Å²) >= 11 is 0. The van der Waals surface area contributed by atoms with Crippen molar-refractivity contribution in [1.29, 1.82) is 5.26 Å². The number of hydrogen-bond acceptors (Lipinski definition) is 4. The Morgan fingerprint density at radius 2 is 1.90 bits per heavy atom. The van der Waals surface area contributed by atoms with E-state index in [0.29, 0.717) is 27.7 Å². The Morgan fingerprint density at radius 3 is 2.55 bits per heavy atom. The van der Waals surface area contributed by atoms with Gasteiger partial charge in [0, 0.05) is 5.39 Å². The second kappa shape index (κ2) is 4.52. The van der Waals surface area contributed by atoms with Crippen LogP contribution in [0.1, 0.15) is 5.56 Å². The average molecular weight is 264 g/mol. The third-order valence-electron chi connectivity index (χ3n) is 3.03. The molecule has 3 rings (SSSR count). The van der Waals surface area contributed by atoms with Crippen LogP contribution in [0.3, 0.4) is 0 Å². The highest BCUT2D eigenvalue weighted by Gasteiger charge is 2.25. The summed E-state index contributed by atoms with van der Waals surface area (Å²) in [4.78, 5) is 10.6. The molecule has 0 N–H and O–H groups in total. The van der Waals surface area contributed by atoms with Crippen LogP contribution in [-0.2, 0) is 0 Å². The number of fused-ring (bicyclic) bond motifs is 1. The molecule has 0 aliphatic carbocycles. The van der Waals surface area contributed by atoms with Gasteiger partial charge in [-0.05, 0) is 23.8 Å². The maximum atomic E-state index is 11.2. The molecule has 0 bridgehead atoms. The topological polar surface area (TPSA) is 80.1 Å². The van der Waals surface area contributed by atoms with Crippen LogP contribution in [-0.4, -0.2) is 4.92 Å². The predicted octanol–water partition coefficient (Wildman–Crippen LogP) is 3.88. The lowest BCUT2D eigenvalue weighted by molar-refractivity contribution is -0.400. The summed E-state index contributed by atoms with van der Waals surface area (Å²) in [7, 11) is 0. The maximum absolute atomic E-state index is 11.2. The van der Waals surface area contributed by atoms with E-state index in [1.165, 1.54) is 6.07 Å². The monoisotopic (exact) mass is 264 g/mol. The van der Waals surface area contributed by atoms with Crippen molar-refractivity contribution < 1.29 is 9.34 Å². The van der Waals surface area contributed by atoms with Crippen molar-refractivity contribution in [3.8, 4) is 17.2 Å². The molecular weight excluding hydrogens is 256 g/mol. The van der Waals surface area contributed by atoms with Crippen LogP contribution in [0.2, 0.25) is 0 Å². The normalized spacial score (nSPS) is 10.3. The molecule has 0 saturated carbocycles. The molecule has 1 aromatic heterocycles. The van der Waals surface area contributed by atoms with Gasteiger partial charge in [0.15, 0.2) is 0 Å². The van der Waals surface area contributed by atoms with Crippen LogP contribution in [0.5, 0.6) is 0 Å². The summed E-state index contributed by atoms with van der Waals surface area (Å²) in [6.45, 7) is 0. The van der Waals surface area contributed by atoms with Crippen molar-refractivity contribution in [3.05, 3.63) is 64.2 Å². The molecule has 0 unspecified atom stereocenters. The van der Waals surface area contributed by atoms with E-state index < -0.39 is 4.92 Å². The zero-order valence-corrected chi connectivity index (χ0v) is 10.2. The van der Waals surface area contributed by atoms with Crippen molar-refractivity contribution in [3.63, 3.8) is 0 Å². The van der Waals surface area contributed by atoms with Gasteiger partial charge < -0.3 is 4.42 Å². The molecule has 0 amide bonds. The maximum Gasteiger partial charge on any atom is 0.442 e. The summed E-state index contributed by atoms with van der Waals surface area (Å²) in [6.07, 6.45) is 0. The Labute approximate surface area is 113 Å². The van der Waals surface area contributed by atoms with Gasteiger partial charge in [-0.2, -0.15) is 5.26 Å². The molecule has 5 nitrogen and oxygen atoms in total. The van der Waals surface area contributed by atoms with Gasteiger partial charge in [0.2, 0.25) is 0 Å². The van der Waals surface area contributed by atoms with Crippen molar-refractivity contribution in [2.45, 2.75) is 0 Å². The van der Waals surface area contributed by atoms with Gasteiger partial charge in [-0.1, -0.05) is 30.3 Å². The molecule has 0 spiro atoms. The Bertz CT molecular complexity index is 845. The Hall–Kier alpha value is -3.13. The van der Waals surface area contributed by atoms with Crippen molar-refractivity contribution in [2.24, 2.45) is 0 Å². The lowest BCUT2D eigenvalue weighted by Gasteiger charge is -1.97. The van der Waals surface area contributed by atoms with Gasteiger partial charge in [-0.25, -0.2) is 0 Å². The van der Waals surface area contributed by atoms with E-state index in [1.807, 2.05) is 24.3 Å². The zero-order chi connectivity index (χ0) is 14.1. The van der Waals surface area contributed by atoms with E-state index in [4.69, 9.17) is 9.68 Å². The molecule has 2 aromatic carbocycles. The minimum atomic E-state index is -0.547. The molecule has 5 heteroatoms. The molecule has 0 radical (unpaired) electrons. The summed E-state index contributed by atoms with van der Waals surface area (Å²) in [6, 6.07) is 15.8. The zero-order valence-electron chi connectivity index (χ0n) is 10.2. The SMILES string of the molecule is N#Cc1ccc2c(-c3ccccc3)c([N+](=O)[O-])oc2c1. The fourth-order valence-corrected chi connectivity index (χ4v) is 2.17. The van der Waals surface area contributed by atoms with E-state index in [2.05, 4.69) is 0 Å². The summed E-state index contributed by atoms with van der Waals surface area (Å²) in [5, 5.41) is 20.7. The number of nitro groups is 1. The van der Waals surface area contributed by atoms with E-state index in [-0.39, 0.29) is 5.88 Å². The quantitative estimate of drug-likeness (QED) is 0.519. The smallest absolute Gasteiger partial charge is 0.400 e. The third kappa shape index (κ3) is 1.80. The fourth-order valence-electron chi connectivity index (χ4n) is 2.17. The molecule has 1 heterocycles. The lowest BCUT2D eigenvalue weighted by atomic mass is 10.0. The molecular formula is C15H8N2O3. The number of hydrogen-bond donors (Lipinski definition) is 0.